The second kappa shape index (κ2) is 6.57. The summed E-state index contributed by atoms with van der Waals surface area (Å²) in [5, 5.41) is 13.4. The van der Waals surface area contributed by atoms with Crippen LogP contribution < -0.4 is 5.32 Å². The SMILES string of the molecule is O=C(NCC1(O)CCCC1)C1(c2ccc(F)cc2)CCOCC1. The van der Waals surface area contributed by atoms with Crippen molar-refractivity contribution in [2.45, 2.75) is 49.5 Å². The number of nitrogens with one attached hydrogen (secondary N) is 1. The molecule has 0 unspecified atom stereocenters. The topological polar surface area (TPSA) is 58.6 Å². The molecule has 2 aliphatic rings. The monoisotopic (exact) mass is 321 g/mol. The van der Waals surface area contributed by atoms with Gasteiger partial charge < -0.3 is 15.2 Å². The zero-order chi connectivity index (χ0) is 16.3. The van der Waals surface area contributed by atoms with E-state index in [2.05, 4.69) is 5.32 Å². The summed E-state index contributed by atoms with van der Waals surface area (Å²) in [6.45, 7) is 1.31. The quantitative estimate of drug-likeness (QED) is 0.894. The first-order chi connectivity index (χ1) is 11.0. The standard InChI is InChI=1S/C18H24FNO3/c19-15-5-3-14(4-6-15)18(9-11-23-12-10-18)16(21)20-13-17(22)7-1-2-8-17/h3-6,22H,1-2,7-13H2,(H,20,21). The van der Waals surface area contributed by atoms with Crippen LogP contribution in [-0.4, -0.2) is 36.4 Å². The third-order valence-corrected chi connectivity index (χ3v) is 5.29. The Bertz CT molecular complexity index is 546. The highest BCUT2D eigenvalue weighted by Gasteiger charge is 2.42. The van der Waals surface area contributed by atoms with Gasteiger partial charge >= 0.3 is 0 Å². The first-order valence-corrected chi connectivity index (χ1v) is 8.39. The summed E-state index contributed by atoms with van der Waals surface area (Å²) in [6.07, 6.45) is 4.62. The molecule has 0 spiro atoms. The number of halogens is 1. The van der Waals surface area contributed by atoms with Crippen molar-refractivity contribution >= 4 is 5.91 Å². The minimum atomic E-state index is -0.773. The van der Waals surface area contributed by atoms with Crippen molar-refractivity contribution in [3.8, 4) is 0 Å². The summed E-state index contributed by atoms with van der Waals surface area (Å²) in [5.74, 6) is -0.399. The van der Waals surface area contributed by atoms with E-state index in [1.165, 1.54) is 12.1 Å². The first kappa shape index (κ1) is 16.4. The summed E-state index contributed by atoms with van der Waals surface area (Å²) < 4.78 is 18.6. The van der Waals surface area contributed by atoms with Crippen molar-refractivity contribution < 1.29 is 19.0 Å². The first-order valence-electron chi connectivity index (χ1n) is 8.39. The number of amides is 1. The van der Waals surface area contributed by atoms with Crippen molar-refractivity contribution in [2.75, 3.05) is 19.8 Å². The number of aliphatic hydroxyl groups is 1. The molecule has 2 fully saturated rings. The Morgan fingerprint density at radius 2 is 1.74 bits per heavy atom. The van der Waals surface area contributed by atoms with E-state index >= 15 is 0 Å². The average Bonchev–Trinajstić information content (AvgIpc) is 3.01. The van der Waals surface area contributed by atoms with E-state index in [-0.39, 0.29) is 18.3 Å². The van der Waals surface area contributed by atoms with E-state index in [0.717, 1.165) is 31.2 Å². The fourth-order valence-electron chi connectivity index (χ4n) is 3.76. The Hall–Kier alpha value is -1.46. The molecule has 1 aliphatic heterocycles. The summed E-state index contributed by atoms with van der Waals surface area (Å²) in [5.41, 5.74) is -0.649. The number of hydrogen-bond donors (Lipinski definition) is 2. The zero-order valence-electron chi connectivity index (χ0n) is 13.3. The molecule has 1 aromatic carbocycles. The summed E-state index contributed by atoms with van der Waals surface area (Å²) in [6, 6.07) is 6.16. The van der Waals surface area contributed by atoms with Crippen molar-refractivity contribution in [1.82, 2.24) is 5.32 Å². The molecule has 1 saturated carbocycles. The molecule has 5 heteroatoms. The molecule has 1 amide bonds. The third kappa shape index (κ3) is 3.40. The van der Waals surface area contributed by atoms with Crippen molar-refractivity contribution in [1.29, 1.82) is 0 Å². The molecule has 2 N–H and O–H groups in total. The molecule has 0 bridgehead atoms. The molecule has 0 aromatic heterocycles. The lowest BCUT2D eigenvalue weighted by Crippen LogP contribution is -2.51. The lowest BCUT2D eigenvalue weighted by molar-refractivity contribution is -0.131. The smallest absolute Gasteiger partial charge is 0.230 e. The van der Waals surface area contributed by atoms with Gasteiger partial charge in [-0.15, -0.1) is 0 Å². The Morgan fingerprint density at radius 3 is 2.35 bits per heavy atom. The van der Waals surface area contributed by atoms with Crippen LogP contribution in [0.15, 0.2) is 24.3 Å². The van der Waals surface area contributed by atoms with Crippen molar-refractivity contribution in [3.63, 3.8) is 0 Å². The van der Waals surface area contributed by atoms with Gasteiger partial charge in [0.15, 0.2) is 0 Å². The summed E-state index contributed by atoms with van der Waals surface area (Å²) in [4.78, 5) is 12.9. The minimum Gasteiger partial charge on any atom is -0.388 e. The molecule has 1 aromatic rings. The largest absolute Gasteiger partial charge is 0.388 e. The molecule has 1 heterocycles. The number of rotatable bonds is 4. The molecule has 1 aliphatic carbocycles. The predicted molar refractivity (Wildman–Crippen MR) is 84.6 cm³/mol. The number of carbonyl (C=O) groups is 1. The average molecular weight is 321 g/mol. The number of ether oxygens (including phenoxy) is 1. The Morgan fingerprint density at radius 1 is 1.13 bits per heavy atom. The van der Waals surface area contributed by atoms with Crippen LogP contribution in [-0.2, 0) is 14.9 Å². The number of benzene rings is 1. The Kier molecular flexibility index (Phi) is 4.69. The van der Waals surface area contributed by atoms with Crippen LogP contribution in [0.3, 0.4) is 0 Å². The van der Waals surface area contributed by atoms with E-state index in [0.29, 0.717) is 26.1 Å². The maximum atomic E-state index is 13.2. The fraction of sp³-hybridized carbons (Fsp3) is 0.611. The zero-order valence-corrected chi connectivity index (χ0v) is 13.3. The van der Waals surface area contributed by atoms with E-state index in [9.17, 15) is 14.3 Å². The maximum absolute atomic E-state index is 13.2. The molecule has 126 valence electrons. The second-order valence-electron chi connectivity index (χ2n) is 6.82. The molecule has 1 saturated heterocycles. The van der Waals surface area contributed by atoms with Gasteiger partial charge in [-0.1, -0.05) is 25.0 Å². The van der Waals surface area contributed by atoms with Gasteiger partial charge in [-0.25, -0.2) is 4.39 Å². The van der Waals surface area contributed by atoms with E-state index in [1.807, 2.05) is 0 Å². The minimum absolute atomic E-state index is 0.0901. The van der Waals surface area contributed by atoms with Crippen LogP contribution in [0, 0.1) is 5.82 Å². The van der Waals surface area contributed by atoms with Gasteiger partial charge in [0, 0.05) is 19.8 Å². The number of hydrogen-bond acceptors (Lipinski definition) is 3. The Labute approximate surface area is 136 Å². The van der Waals surface area contributed by atoms with Gasteiger partial charge in [0.05, 0.1) is 11.0 Å². The van der Waals surface area contributed by atoms with Gasteiger partial charge in [-0.05, 0) is 43.4 Å². The molecule has 3 rings (SSSR count). The van der Waals surface area contributed by atoms with Gasteiger partial charge in [-0.3, -0.25) is 4.79 Å². The highest BCUT2D eigenvalue weighted by molar-refractivity contribution is 5.88. The van der Waals surface area contributed by atoms with Crippen LogP contribution in [0.4, 0.5) is 4.39 Å². The molecular weight excluding hydrogens is 297 g/mol. The van der Waals surface area contributed by atoms with Gasteiger partial charge in [-0.2, -0.15) is 0 Å². The van der Waals surface area contributed by atoms with Crippen molar-refractivity contribution in [2.24, 2.45) is 0 Å². The highest BCUT2D eigenvalue weighted by atomic mass is 19.1. The normalized spacial score (nSPS) is 22.7. The van der Waals surface area contributed by atoms with Gasteiger partial charge in [0.1, 0.15) is 5.82 Å². The van der Waals surface area contributed by atoms with Crippen LogP contribution in [0.25, 0.3) is 0 Å². The van der Waals surface area contributed by atoms with Crippen molar-refractivity contribution in [3.05, 3.63) is 35.6 Å². The van der Waals surface area contributed by atoms with Crippen LogP contribution in [0.2, 0.25) is 0 Å². The molecule has 0 radical (unpaired) electrons. The highest BCUT2D eigenvalue weighted by Crippen LogP contribution is 2.36. The lowest BCUT2D eigenvalue weighted by Gasteiger charge is -2.37. The predicted octanol–water partition coefficient (Wildman–Crippen LogP) is 2.30. The maximum Gasteiger partial charge on any atom is 0.230 e. The van der Waals surface area contributed by atoms with Gasteiger partial charge in [0.25, 0.3) is 0 Å². The second-order valence-corrected chi connectivity index (χ2v) is 6.82. The van der Waals surface area contributed by atoms with E-state index < -0.39 is 11.0 Å². The molecule has 4 nitrogen and oxygen atoms in total. The third-order valence-electron chi connectivity index (χ3n) is 5.29. The Balaban J connectivity index is 1.77. The van der Waals surface area contributed by atoms with Crippen LogP contribution in [0.5, 0.6) is 0 Å². The number of carbonyl (C=O) groups excluding carboxylic acids is 1. The van der Waals surface area contributed by atoms with E-state index in [4.69, 9.17) is 4.74 Å². The van der Waals surface area contributed by atoms with E-state index in [1.54, 1.807) is 12.1 Å². The van der Waals surface area contributed by atoms with Crippen LogP contribution in [0.1, 0.15) is 44.1 Å². The summed E-state index contributed by atoms with van der Waals surface area (Å²) >= 11 is 0. The molecule has 0 atom stereocenters. The molecule has 23 heavy (non-hydrogen) atoms. The summed E-state index contributed by atoms with van der Waals surface area (Å²) in [7, 11) is 0. The fourth-order valence-corrected chi connectivity index (χ4v) is 3.76. The van der Waals surface area contributed by atoms with Crippen LogP contribution >= 0.6 is 0 Å². The molecular formula is C18H24FNO3. The van der Waals surface area contributed by atoms with Gasteiger partial charge in [0.2, 0.25) is 5.91 Å². The lowest BCUT2D eigenvalue weighted by atomic mass is 9.73.